The largest absolute Gasteiger partial charge is 0.494 e. The van der Waals surface area contributed by atoms with Crippen LogP contribution in [-0.2, 0) is 15.4 Å². The summed E-state index contributed by atoms with van der Waals surface area (Å²) in [6, 6.07) is 3.06. The summed E-state index contributed by atoms with van der Waals surface area (Å²) in [7, 11) is -1.17. The highest BCUT2D eigenvalue weighted by molar-refractivity contribution is 7.89. The predicted molar refractivity (Wildman–Crippen MR) is 76.5 cm³/mol. The predicted octanol–water partition coefficient (Wildman–Crippen LogP) is 1.000. The number of ether oxygens (including phenoxy) is 1. The van der Waals surface area contributed by atoms with E-state index >= 15 is 0 Å². The van der Waals surface area contributed by atoms with Gasteiger partial charge in [0.1, 0.15) is 4.90 Å². The number of methoxy groups -OCH3 is 1. The molecule has 0 unspecified atom stereocenters. The Morgan fingerprint density at radius 1 is 1.30 bits per heavy atom. The summed E-state index contributed by atoms with van der Waals surface area (Å²) in [5.41, 5.74) is 5.71. The molecule has 0 atom stereocenters. The van der Waals surface area contributed by atoms with Crippen LogP contribution in [0.25, 0.3) is 0 Å². The minimum atomic E-state index is -3.76. The summed E-state index contributed by atoms with van der Waals surface area (Å²) in [6.45, 7) is 5.74. The zero-order valence-corrected chi connectivity index (χ0v) is 13.1. The number of carbonyl (C=O) groups is 1. The van der Waals surface area contributed by atoms with Gasteiger partial charge in [-0.2, -0.15) is 0 Å². The average Bonchev–Trinajstić information content (AvgIpc) is 2.35. The van der Waals surface area contributed by atoms with Crippen LogP contribution in [0.4, 0.5) is 0 Å². The fourth-order valence-electron chi connectivity index (χ4n) is 1.74. The molecule has 0 bridgehead atoms. The standard InChI is InChI=1S/C13H20N2O4S/c1-13(2,3)8-6-9(12(14)16)11(19-5)10(7-8)20(17,18)15-4/h6-7,15H,1-5H3,(H2,14,16). The van der Waals surface area contributed by atoms with Crippen molar-refractivity contribution in [2.24, 2.45) is 5.73 Å². The van der Waals surface area contributed by atoms with E-state index in [2.05, 4.69) is 4.72 Å². The Bertz CT molecular complexity index is 631. The Hall–Kier alpha value is -1.60. The van der Waals surface area contributed by atoms with Gasteiger partial charge in [-0.25, -0.2) is 13.1 Å². The summed E-state index contributed by atoms with van der Waals surface area (Å²) < 4.78 is 31.5. The van der Waals surface area contributed by atoms with Gasteiger partial charge in [0.2, 0.25) is 10.0 Å². The molecule has 112 valence electrons. The van der Waals surface area contributed by atoms with E-state index in [0.717, 1.165) is 0 Å². The summed E-state index contributed by atoms with van der Waals surface area (Å²) in [4.78, 5) is 11.5. The number of benzene rings is 1. The Morgan fingerprint density at radius 2 is 1.85 bits per heavy atom. The van der Waals surface area contributed by atoms with Crippen molar-refractivity contribution in [2.75, 3.05) is 14.2 Å². The Labute approximate surface area is 119 Å². The second kappa shape index (κ2) is 5.41. The Morgan fingerprint density at radius 3 is 2.20 bits per heavy atom. The van der Waals surface area contributed by atoms with E-state index in [9.17, 15) is 13.2 Å². The average molecular weight is 300 g/mol. The first-order chi connectivity index (χ1) is 9.04. The van der Waals surface area contributed by atoms with E-state index in [0.29, 0.717) is 5.56 Å². The maximum absolute atomic E-state index is 12.1. The second-order valence-corrected chi connectivity index (χ2v) is 7.23. The van der Waals surface area contributed by atoms with Gasteiger partial charge in [0.15, 0.2) is 5.75 Å². The SMILES string of the molecule is CNS(=O)(=O)c1cc(C(C)(C)C)cc(C(N)=O)c1OC. The van der Waals surface area contributed by atoms with Crippen LogP contribution < -0.4 is 15.2 Å². The molecule has 0 fully saturated rings. The highest BCUT2D eigenvalue weighted by Gasteiger charge is 2.27. The van der Waals surface area contributed by atoms with Crippen molar-refractivity contribution >= 4 is 15.9 Å². The Balaban J connectivity index is 3.81. The lowest BCUT2D eigenvalue weighted by molar-refractivity contribution is 0.0997. The number of amides is 1. The molecule has 1 amide bonds. The third-order valence-electron chi connectivity index (χ3n) is 2.95. The van der Waals surface area contributed by atoms with Crippen molar-refractivity contribution in [3.63, 3.8) is 0 Å². The van der Waals surface area contributed by atoms with E-state index in [-0.39, 0.29) is 21.6 Å². The lowest BCUT2D eigenvalue weighted by atomic mass is 9.86. The summed E-state index contributed by atoms with van der Waals surface area (Å²) in [6.07, 6.45) is 0. The highest BCUT2D eigenvalue weighted by atomic mass is 32.2. The van der Waals surface area contributed by atoms with Gasteiger partial charge in [0.25, 0.3) is 5.91 Å². The molecule has 0 spiro atoms. The van der Waals surface area contributed by atoms with Gasteiger partial charge in [-0.1, -0.05) is 20.8 Å². The first kappa shape index (κ1) is 16.5. The minimum Gasteiger partial charge on any atom is -0.494 e. The van der Waals surface area contributed by atoms with E-state index in [4.69, 9.17) is 10.5 Å². The van der Waals surface area contributed by atoms with Gasteiger partial charge in [-0.3, -0.25) is 4.79 Å². The van der Waals surface area contributed by atoms with E-state index in [1.165, 1.54) is 20.2 Å². The first-order valence-electron chi connectivity index (χ1n) is 6.00. The normalized spacial score (nSPS) is 12.2. The molecule has 0 aliphatic heterocycles. The molecule has 0 radical (unpaired) electrons. The molecule has 0 heterocycles. The smallest absolute Gasteiger partial charge is 0.252 e. The Kier molecular flexibility index (Phi) is 4.45. The molecule has 6 nitrogen and oxygen atoms in total. The van der Waals surface area contributed by atoms with Crippen LogP contribution in [0, 0.1) is 0 Å². The van der Waals surface area contributed by atoms with E-state index in [1.54, 1.807) is 6.07 Å². The van der Waals surface area contributed by atoms with Crippen LogP contribution in [0.5, 0.6) is 5.75 Å². The van der Waals surface area contributed by atoms with Crippen LogP contribution in [0.15, 0.2) is 17.0 Å². The molecular formula is C13H20N2O4S. The molecule has 1 aromatic carbocycles. The maximum Gasteiger partial charge on any atom is 0.252 e. The maximum atomic E-state index is 12.1. The molecule has 0 saturated heterocycles. The topological polar surface area (TPSA) is 98.5 Å². The zero-order valence-electron chi connectivity index (χ0n) is 12.3. The summed E-state index contributed by atoms with van der Waals surface area (Å²) in [5, 5.41) is 0. The van der Waals surface area contributed by atoms with Crippen molar-refractivity contribution in [3.8, 4) is 5.75 Å². The van der Waals surface area contributed by atoms with Crippen LogP contribution in [0.1, 0.15) is 36.7 Å². The molecule has 1 rings (SSSR count). The van der Waals surface area contributed by atoms with Crippen molar-refractivity contribution in [2.45, 2.75) is 31.1 Å². The number of hydrogen-bond donors (Lipinski definition) is 2. The number of carbonyl (C=O) groups excluding carboxylic acids is 1. The molecule has 0 aromatic heterocycles. The minimum absolute atomic E-state index is 0.0418. The van der Waals surface area contributed by atoms with Gasteiger partial charge in [0.05, 0.1) is 12.7 Å². The third kappa shape index (κ3) is 3.10. The quantitative estimate of drug-likeness (QED) is 0.866. The number of nitrogens with one attached hydrogen (secondary N) is 1. The van der Waals surface area contributed by atoms with Gasteiger partial charge < -0.3 is 10.5 Å². The molecular weight excluding hydrogens is 280 g/mol. The van der Waals surface area contributed by atoms with Crippen molar-refractivity contribution < 1.29 is 17.9 Å². The number of nitrogens with two attached hydrogens (primary N) is 1. The van der Waals surface area contributed by atoms with Gasteiger partial charge >= 0.3 is 0 Å². The molecule has 0 saturated carbocycles. The van der Waals surface area contributed by atoms with Crippen LogP contribution in [0.3, 0.4) is 0 Å². The molecule has 1 aromatic rings. The van der Waals surface area contributed by atoms with Crippen LogP contribution in [0.2, 0.25) is 0 Å². The van der Waals surface area contributed by atoms with Crippen LogP contribution >= 0.6 is 0 Å². The lowest BCUT2D eigenvalue weighted by Gasteiger charge is -2.22. The monoisotopic (exact) mass is 300 g/mol. The van der Waals surface area contributed by atoms with Crippen molar-refractivity contribution in [1.29, 1.82) is 0 Å². The number of sulfonamides is 1. The van der Waals surface area contributed by atoms with Crippen molar-refractivity contribution in [3.05, 3.63) is 23.3 Å². The number of hydrogen-bond acceptors (Lipinski definition) is 4. The van der Waals surface area contributed by atoms with Crippen LogP contribution in [-0.4, -0.2) is 28.5 Å². The fraction of sp³-hybridized carbons (Fsp3) is 0.462. The zero-order chi connectivity index (χ0) is 15.7. The first-order valence-corrected chi connectivity index (χ1v) is 7.48. The summed E-state index contributed by atoms with van der Waals surface area (Å²) >= 11 is 0. The van der Waals surface area contributed by atoms with Crippen molar-refractivity contribution in [1.82, 2.24) is 4.72 Å². The van der Waals surface area contributed by atoms with Gasteiger partial charge in [0, 0.05) is 0 Å². The molecule has 0 aliphatic rings. The highest BCUT2D eigenvalue weighted by Crippen LogP contribution is 2.34. The molecule has 0 aliphatic carbocycles. The molecule has 7 heteroatoms. The second-order valence-electron chi connectivity index (χ2n) is 5.38. The lowest BCUT2D eigenvalue weighted by Crippen LogP contribution is -2.23. The molecule has 3 N–H and O–H groups in total. The van der Waals surface area contributed by atoms with E-state index < -0.39 is 15.9 Å². The number of primary amides is 1. The molecule has 20 heavy (non-hydrogen) atoms. The summed E-state index contributed by atoms with van der Waals surface area (Å²) in [5.74, 6) is -0.777. The number of rotatable bonds is 4. The fourth-order valence-corrected chi connectivity index (χ4v) is 2.68. The van der Waals surface area contributed by atoms with Gasteiger partial charge in [-0.05, 0) is 30.2 Å². The van der Waals surface area contributed by atoms with Gasteiger partial charge in [-0.15, -0.1) is 0 Å². The van der Waals surface area contributed by atoms with E-state index in [1.807, 2.05) is 20.8 Å². The third-order valence-corrected chi connectivity index (χ3v) is 4.37.